The van der Waals surface area contributed by atoms with Crippen molar-refractivity contribution in [1.29, 1.82) is 0 Å². The van der Waals surface area contributed by atoms with Crippen LogP contribution in [0.25, 0.3) is 34.3 Å². The summed E-state index contributed by atoms with van der Waals surface area (Å²) < 4.78 is 20.3. The van der Waals surface area contributed by atoms with Crippen LogP contribution in [0.4, 0.5) is 16.0 Å². The van der Waals surface area contributed by atoms with E-state index in [1.165, 1.54) is 18.2 Å². The Balaban J connectivity index is 1.55. The number of ether oxygens (including phenoxy) is 1. The summed E-state index contributed by atoms with van der Waals surface area (Å²) >= 11 is 5.94. The van der Waals surface area contributed by atoms with E-state index in [-0.39, 0.29) is 11.0 Å². The number of nitrogens with one attached hydrogen (secondary N) is 1. The Labute approximate surface area is 228 Å². The summed E-state index contributed by atoms with van der Waals surface area (Å²) in [5.41, 5.74) is 4.41. The van der Waals surface area contributed by atoms with Crippen LogP contribution in [0.15, 0.2) is 91.5 Å². The minimum Gasteiger partial charge on any atom is -0.463 e. The fourth-order valence-electron chi connectivity index (χ4n) is 3.78. The van der Waals surface area contributed by atoms with E-state index in [2.05, 4.69) is 20.4 Å². The lowest BCUT2D eigenvalue weighted by molar-refractivity contribution is -0.137. The molecule has 0 aliphatic rings. The van der Waals surface area contributed by atoms with E-state index in [0.717, 1.165) is 22.4 Å². The number of aromatic nitrogens is 5. The monoisotopic (exact) mass is 540 g/mol. The zero-order valence-corrected chi connectivity index (χ0v) is 21.5. The van der Waals surface area contributed by atoms with E-state index in [1.807, 2.05) is 48.7 Å². The molecule has 39 heavy (non-hydrogen) atoms. The van der Waals surface area contributed by atoms with Gasteiger partial charge in [0.15, 0.2) is 5.82 Å². The van der Waals surface area contributed by atoms with Gasteiger partial charge in [0.25, 0.3) is 0 Å². The van der Waals surface area contributed by atoms with E-state index in [4.69, 9.17) is 21.3 Å². The Hall–Kier alpha value is -4.89. The molecule has 0 spiro atoms. The predicted molar refractivity (Wildman–Crippen MR) is 148 cm³/mol. The lowest BCUT2D eigenvalue weighted by Crippen LogP contribution is -2.06. The average Bonchev–Trinajstić information content (AvgIpc) is 3.45. The van der Waals surface area contributed by atoms with E-state index in [0.29, 0.717) is 23.7 Å². The third kappa shape index (κ3) is 6.16. The molecule has 0 unspecified atom stereocenters. The molecule has 2 aromatic carbocycles. The lowest BCUT2D eigenvalue weighted by Gasteiger charge is -2.12. The van der Waals surface area contributed by atoms with Crippen molar-refractivity contribution in [2.24, 2.45) is 0 Å². The highest BCUT2D eigenvalue weighted by Gasteiger charge is 2.15. The van der Waals surface area contributed by atoms with Crippen molar-refractivity contribution in [1.82, 2.24) is 24.7 Å². The average molecular weight is 541 g/mol. The molecule has 5 rings (SSSR count). The predicted octanol–water partition coefficient (Wildman–Crippen LogP) is 6.50. The van der Waals surface area contributed by atoms with E-state index in [1.54, 1.807) is 42.3 Å². The second-order valence-electron chi connectivity index (χ2n) is 8.28. The fraction of sp³-hybridized carbons (Fsp3) is 0.0690. The van der Waals surface area contributed by atoms with Gasteiger partial charge in [0.05, 0.1) is 23.5 Å². The largest absolute Gasteiger partial charge is 0.463 e. The molecule has 0 aliphatic carbocycles. The highest BCUT2D eigenvalue weighted by atomic mass is 35.5. The summed E-state index contributed by atoms with van der Waals surface area (Å²) in [6.45, 7) is 2.06. The maximum atomic E-state index is 13.6. The number of benzene rings is 2. The smallest absolute Gasteiger partial charge is 0.330 e. The van der Waals surface area contributed by atoms with Crippen LogP contribution in [-0.2, 0) is 9.53 Å². The molecule has 1 N–H and O–H groups in total. The number of carbonyl (C=O) groups excluding carboxylic acids is 1. The summed E-state index contributed by atoms with van der Waals surface area (Å²) in [5.74, 6) is -0.171. The minimum atomic E-state index is -0.519. The number of hydrogen-bond acceptors (Lipinski definition) is 7. The molecule has 0 radical (unpaired) electrons. The highest BCUT2D eigenvalue weighted by Crippen LogP contribution is 2.29. The van der Waals surface area contributed by atoms with Gasteiger partial charge in [-0.15, -0.1) is 0 Å². The van der Waals surface area contributed by atoms with Crippen molar-refractivity contribution in [2.75, 3.05) is 11.9 Å². The van der Waals surface area contributed by atoms with Gasteiger partial charge in [-0.05, 0) is 60.5 Å². The van der Waals surface area contributed by atoms with E-state index in [9.17, 15) is 9.18 Å². The van der Waals surface area contributed by atoms with Crippen molar-refractivity contribution in [3.63, 3.8) is 0 Å². The number of rotatable bonds is 8. The molecule has 10 heteroatoms. The molecule has 194 valence electrons. The van der Waals surface area contributed by atoms with Gasteiger partial charge in [0, 0.05) is 41.5 Å². The zero-order chi connectivity index (χ0) is 27.2. The number of carbonyl (C=O) groups is 1. The second-order valence-corrected chi connectivity index (χ2v) is 8.69. The Morgan fingerprint density at radius 3 is 2.77 bits per heavy atom. The summed E-state index contributed by atoms with van der Waals surface area (Å²) in [7, 11) is 0. The molecule has 3 aromatic heterocycles. The van der Waals surface area contributed by atoms with E-state index >= 15 is 0 Å². The van der Waals surface area contributed by atoms with Crippen LogP contribution >= 0.6 is 11.6 Å². The molecular weight excluding hydrogens is 519 g/mol. The van der Waals surface area contributed by atoms with Crippen molar-refractivity contribution in [3.8, 4) is 28.2 Å². The summed E-state index contributed by atoms with van der Waals surface area (Å²) in [4.78, 5) is 25.4. The molecule has 0 saturated heterocycles. The first-order valence-corrected chi connectivity index (χ1v) is 12.4. The second kappa shape index (κ2) is 11.7. The third-order valence-corrected chi connectivity index (χ3v) is 5.89. The quantitative estimate of drug-likeness (QED) is 0.177. The van der Waals surface area contributed by atoms with Crippen molar-refractivity contribution < 1.29 is 13.9 Å². The van der Waals surface area contributed by atoms with Crippen LogP contribution in [0.3, 0.4) is 0 Å². The van der Waals surface area contributed by atoms with Crippen LogP contribution in [-0.4, -0.2) is 37.3 Å². The number of pyridine rings is 1. The maximum absolute atomic E-state index is 13.6. The van der Waals surface area contributed by atoms with Gasteiger partial charge < -0.3 is 10.1 Å². The molecule has 0 atom stereocenters. The fourth-order valence-corrected chi connectivity index (χ4v) is 3.96. The SMILES string of the molecule is CCOC(=O)C=Cc1cccc(-c2cnc(Nc3ccc(F)c(Cl)c3)nc2-n2cc(-c3ccccn3)cn2)c1. The number of halogens is 2. The normalized spacial score (nSPS) is 11.1. The lowest BCUT2D eigenvalue weighted by atomic mass is 10.0. The zero-order valence-electron chi connectivity index (χ0n) is 20.8. The van der Waals surface area contributed by atoms with Crippen LogP contribution in [0.5, 0.6) is 0 Å². The maximum Gasteiger partial charge on any atom is 0.330 e. The van der Waals surface area contributed by atoms with Crippen LogP contribution < -0.4 is 5.32 Å². The van der Waals surface area contributed by atoms with Gasteiger partial charge in [0.1, 0.15) is 5.82 Å². The number of anilines is 2. The van der Waals surface area contributed by atoms with Gasteiger partial charge in [-0.1, -0.05) is 35.9 Å². The van der Waals surface area contributed by atoms with E-state index < -0.39 is 11.8 Å². The summed E-state index contributed by atoms with van der Waals surface area (Å²) in [6, 6.07) is 17.5. The first-order valence-electron chi connectivity index (χ1n) is 12.0. The molecule has 0 saturated carbocycles. The van der Waals surface area contributed by atoms with Gasteiger partial charge >= 0.3 is 5.97 Å². The number of nitrogens with zero attached hydrogens (tertiary/aromatic N) is 5. The molecule has 0 aliphatic heterocycles. The van der Waals surface area contributed by atoms with Gasteiger partial charge in [-0.25, -0.2) is 18.9 Å². The minimum absolute atomic E-state index is 0.0170. The molecular formula is C29H22ClFN6O2. The molecule has 5 aromatic rings. The topological polar surface area (TPSA) is 94.8 Å². The number of esters is 1. The standard InChI is InChI=1S/C29H22ClFN6O2/c1-2-39-27(38)12-9-19-6-5-7-20(14-19)23-17-33-29(35-22-10-11-25(31)24(30)15-22)36-28(23)37-18-21(16-34-37)26-8-3-4-13-32-26/h3-18H,2H2,1H3,(H,33,35,36). The molecule has 3 heterocycles. The summed E-state index contributed by atoms with van der Waals surface area (Å²) in [6.07, 6.45) is 9.99. The van der Waals surface area contributed by atoms with Crippen molar-refractivity contribution in [2.45, 2.75) is 6.92 Å². The van der Waals surface area contributed by atoms with Gasteiger partial charge in [-0.3, -0.25) is 4.98 Å². The van der Waals surface area contributed by atoms with Gasteiger partial charge in [0.2, 0.25) is 5.95 Å². The Bertz CT molecular complexity index is 1660. The molecule has 8 nitrogen and oxygen atoms in total. The Kier molecular flexibility index (Phi) is 7.70. The van der Waals surface area contributed by atoms with Gasteiger partial charge in [-0.2, -0.15) is 10.1 Å². The molecule has 0 fully saturated rings. The first kappa shape index (κ1) is 25.7. The third-order valence-electron chi connectivity index (χ3n) is 5.60. The highest BCUT2D eigenvalue weighted by molar-refractivity contribution is 6.31. The molecule has 0 bridgehead atoms. The van der Waals surface area contributed by atoms with Crippen LogP contribution in [0.2, 0.25) is 5.02 Å². The van der Waals surface area contributed by atoms with Crippen LogP contribution in [0.1, 0.15) is 12.5 Å². The van der Waals surface area contributed by atoms with Crippen LogP contribution in [0, 0.1) is 5.82 Å². The Morgan fingerprint density at radius 2 is 1.97 bits per heavy atom. The first-order chi connectivity index (χ1) is 19.0. The summed E-state index contributed by atoms with van der Waals surface area (Å²) in [5, 5.41) is 7.59. The number of hydrogen-bond donors (Lipinski definition) is 1. The van der Waals surface area contributed by atoms with Crippen molar-refractivity contribution >= 4 is 35.3 Å². The van der Waals surface area contributed by atoms with Crippen molar-refractivity contribution in [3.05, 3.63) is 108 Å². The molecule has 0 amide bonds. The Morgan fingerprint density at radius 1 is 1.08 bits per heavy atom.